The molecule has 0 amide bonds. The Bertz CT molecular complexity index is 429. The molecule has 76 valence electrons. The van der Waals surface area contributed by atoms with Crippen LogP contribution in [0.1, 0.15) is 5.56 Å². The Kier molecular flexibility index (Phi) is 3.20. The third kappa shape index (κ3) is 2.70. The van der Waals surface area contributed by atoms with Crippen molar-refractivity contribution in [3.05, 3.63) is 59.2 Å². The summed E-state index contributed by atoms with van der Waals surface area (Å²) in [5.41, 5.74) is 1.07. The van der Waals surface area contributed by atoms with Crippen LogP contribution in [0, 0.1) is 0 Å². The highest BCUT2D eigenvalue weighted by Crippen LogP contribution is 2.15. The molecule has 0 spiro atoms. The fourth-order valence-electron chi connectivity index (χ4n) is 1.29. The van der Waals surface area contributed by atoms with Gasteiger partial charge in [0.15, 0.2) is 0 Å². The van der Waals surface area contributed by atoms with Gasteiger partial charge in [-0.05, 0) is 23.8 Å². The van der Waals surface area contributed by atoms with Gasteiger partial charge in [-0.2, -0.15) is 0 Å². The Morgan fingerprint density at radius 1 is 1.07 bits per heavy atom. The zero-order valence-electron chi connectivity index (χ0n) is 8.15. The molecule has 3 heteroatoms. The Labute approximate surface area is 93.9 Å². The highest BCUT2D eigenvalue weighted by atomic mass is 35.5. The molecule has 0 atom stereocenters. The number of halogens is 1. The number of rotatable bonds is 3. The number of pyridine rings is 1. The lowest BCUT2D eigenvalue weighted by molar-refractivity contribution is 1.11. The van der Waals surface area contributed by atoms with E-state index in [-0.39, 0.29) is 0 Å². The minimum Gasteiger partial charge on any atom is -0.366 e. The first-order valence-electron chi connectivity index (χ1n) is 4.74. The zero-order valence-corrected chi connectivity index (χ0v) is 8.91. The van der Waals surface area contributed by atoms with Crippen LogP contribution in [0.25, 0.3) is 0 Å². The maximum absolute atomic E-state index is 6.03. The molecule has 2 rings (SSSR count). The molecule has 2 aromatic rings. The van der Waals surface area contributed by atoms with Gasteiger partial charge in [-0.25, -0.2) is 4.98 Å². The Morgan fingerprint density at radius 2 is 1.87 bits per heavy atom. The number of benzene rings is 1. The van der Waals surface area contributed by atoms with Crippen molar-refractivity contribution in [2.45, 2.75) is 6.54 Å². The third-order valence-corrected chi connectivity index (χ3v) is 2.45. The molecule has 0 aliphatic heterocycles. The predicted octanol–water partition coefficient (Wildman–Crippen LogP) is 3.35. The van der Waals surface area contributed by atoms with Crippen molar-refractivity contribution in [1.29, 1.82) is 0 Å². The molecule has 0 aliphatic rings. The highest BCUT2D eigenvalue weighted by molar-refractivity contribution is 6.31. The molecule has 1 aromatic carbocycles. The highest BCUT2D eigenvalue weighted by Gasteiger charge is 1.98. The predicted molar refractivity (Wildman–Crippen MR) is 63.0 cm³/mol. The van der Waals surface area contributed by atoms with Crippen molar-refractivity contribution in [3.8, 4) is 0 Å². The Hall–Kier alpha value is -1.54. The summed E-state index contributed by atoms with van der Waals surface area (Å²) in [6.07, 6.45) is 1.76. The lowest BCUT2D eigenvalue weighted by Gasteiger charge is -2.06. The molecule has 0 saturated carbocycles. The van der Waals surface area contributed by atoms with E-state index in [1.54, 1.807) is 6.20 Å². The third-order valence-electron chi connectivity index (χ3n) is 2.08. The van der Waals surface area contributed by atoms with Crippen LogP contribution >= 0.6 is 11.6 Å². The zero-order chi connectivity index (χ0) is 10.5. The van der Waals surface area contributed by atoms with Crippen molar-refractivity contribution in [1.82, 2.24) is 4.98 Å². The topological polar surface area (TPSA) is 24.9 Å². The summed E-state index contributed by atoms with van der Waals surface area (Å²) in [6, 6.07) is 13.5. The second-order valence-corrected chi connectivity index (χ2v) is 3.57. The summed E-state index contributed by atoms with van der Waals surface area (Å²) < 4.78 is 0. The molecule has 0 bridgehead atoms. The molecule has 0 fully saturated rings. The van der Waals surface area contributed by atoms with Crippen molar-refractivity contribution >= 4 is 17.4 Å². The van der Waals surface area contributed by atoms with Crippen LogP contribution in [0.3, 0.4) is 0 Å². The summed E-state index contributed by atoms with van der Waals surface area (Å²) in [5.74, 6) is 0.859. The van der Waals surface area contributed by atoms with E-state index in [1.165, 1.54) is 0 Å². The molecule has 2 nitrogen and oxygen atoms in total. The SMILES string of the molecule is Clc1ccccc1CNc1ccccn1. The number of nitrogens with zero attached hydrogens (tertiary/aromatic N) is 1. The average molecular weight is 219 g/mol. The van der Waals surface area contributed by atoms with Crippen molar-refractivity contribution in [3.63, 3.8) is 0 Å². The second kappa shape index (κ2) is 4.80. The molecule has 0 saturated heterocycles. The summed E-state index contributed by atoms with van der Waals surface area (Å²) in [7, 11) is 0. The Balaban J connectivity index is 2.03. The van der Waals surface area contributed by atoms with E-state index in [0.29, 0.717) is 6.54 Å². The van der Waals surface area contributed by atoms with Crippen molar-refractivity contribution in [2.75, 3.05) is 5.32 Å². The summed E-state index contributed by atoms with van der Waals surface area (Å²) in [6.45, 7) is 0.691. The molecule has 0 radical (unpaired) electrons. The fraction of sp³-hybridized carbons (Fsp3) is 0.0833. The maximum Gasteiger partial charge on any atom is 0.126 e. The first kappa shape index (κ1) is 9.99. The summed E-state index contributed by atoms with van der Waals surface area (Å²) in [5, 5.41) is 3.98. The molecule has 1 heterocycles. The lowest BCUT2D eigenvalue weighted by atomic mass is 10.2. The molecule has 1 N–H and O–H groups in total. The van der Waals surface area contributed by atoms with E-state index >= 15 is 0 Å². The van der Waals surface area contributed by atoms with E-state index < -0.39 is 0 Å². The molecule has 0 unspecified atom stereocenters. The molecule has 0 aliphatic carbocycles. The normalized spacial score (nSPS) is 9.93. The van der Waals surface area contributed by atoms with Gasteiger partial charge in [0.1, 0.15) is 5.82 Å². The monoisotopic (exact) mass is 218 g/mol. The Morgan fingerprint density at radius 3 is 2.60 bits per heavy atom. The largest absolute Gasteiger partial charge is 0.366 e. The van der Waals surface area contributed by atoms with Gasteiger partial charge >= 0.3 is 0 Å². The molecular formula is C12H11ClN2. The number of hydrogen-bond acceptors (Lipinski definition) is 2. The van der Waals surface area contributed by atoms with E-state index in [2.05, 4.69) is 10.3 Å². The molecule has 1 aromatic heterocycles. The van der Waals surface area contributed by atoms with Crippen LogP contribution < -0.4 is 5.32 Å². The average Bonchev–Trinajstić information content (AvgIpc) is 2.29. The van der Waals surface area contributed by atoms with Crippen LogP contribution in [0.15, 0.2) is 48.7 Å². The van der Waals surface area contributed by atoms with Gasteiger partial charge in [-0.3, -0.25) is 0 Å². The van der Waals surface area contributed by atoms with Crippen molar-refractivity contribution < 1.29 is 0 Å². The van der Waals surface area contributed by atoms with E-state index in [1.807, 2.05) is 42.5 Å². The van der Waals surface area contributed by atoms with E-state index in [9.17, 15) is 0 Å². The first-order valence-corrected chi connectivity index (χ1v) is 5.12. The van der Waals surface area contributed by atoms with Gasteiger partial charge in [0.2, 0.25) is 0 Å². The van der Waals surface area contributed by atoms with Crippen LogP contribution in [-0.2, 0) is 6.54 Å². The lowest BCUT2D eigenvalue weighted by Crippen LogP contribution is -2.01. The smallest absolute Gasteiger partial charge is 0.126 e. The van der Waals surface area contributed by atoms with Crippen LogP contribution in [0.5, 0.6) is 0 Å². The first-order chi connectivity index (χ1) is 7.36. The number of aromatic nitrogens is 1. The minimum absolute atomic E-state index is 0.691. The van der Waals surface area contributed by atoms with E-state index in [0.717, 1.165) is 16.4 Å². The van der Waals surface area contributed by atoms with Crippen LogP contribution in [0.2, 0.25) is 5.02 Å². The van der Waals surface area contributed by atoms with E-state index in [4.69, 9.17) is 11.6 Å². The van der Waals surface area contributed by atoms with Gasteiger partial charge in [0.05, 0.1) is 0 Å². The quantitative estimate of drug-likeness (QED) is 0.855. The maximum atomic E-state index is 6.03. The van der Waals surface area contributed by atoms with Gasteiger partial charge in [-0.1, -0.05) is 35.9 Å². The van der Waals surface area contributed by atoms with Crippen molar-refractivity contribution in [2.24, 2.45) is 0 Å². The second-order valence-electron chi connectivity index (χ2n) is 3.16. The van der Waals surface area contributed by atoms with Crippen LogP contribution in [-0.4, -0.2) is 4.98 Å². The summed E-state index contributed by atoms with van der Waals surface area (Å²) in [4.78, 5) is 4.17. The summed E-state index contributed by atoms with van der Waals surface area (Å²) >= 11 is 6.03. The standard InChI is InChI=1S/C12H11ClN2/c13-11-6-2-1-5-10(11)9-15-12-7-3-4-8-14-12/h1-8H,9H2,(H,14,15). The molecular weight excluding hydrogens is 208 g/mol. The number of hydrogen-bond donors (Lipinski definition) is 1. The van der Waals surface area contributed by atoms with Gasteiger partial charge in [0, 0.05) is 17.8 Å². The molecule has 15 heavy (non-hydrogen) atoms. The fourth-order valence-corrected chi connectivity index (χ4v) is 1.50. The van der Waals surface area contributed by atoms with Gasteiger partial charge in [-0.15, -0.1) is 0 Å². The number of nitrogens with one attached hydrogen (secondary N) is 1. The van der Waals surface area contributed by atoms with Gasteiger partial charge in [0.25, 0.3) is 0 Å². The van der Waals surface area contributed by atoms with Gasteiger partial charge < -0.3 is 5.32 Å². The van der Waals surface area contributed by atoms with Crippen LogP contribution in [0.4, 0.5) is 5.82 Å². The number of anilines is 1. The minimum atomic E-state index is 0.691.